The van der Waals surface area contributed by atoms with Crippen LogP contribution in [0.1, 0.15) is 23.7 Å². The third-order valence-corrected chi connectivity index (χ3v) is 6.48. The molecule has 32 heavy (non-hydrogen) atoms. The molecule has 1 aliphatic rings. The highest BCUT2D eigenvalue weighted by Crippen LogP contribution is 2.22. The molecule has 4 rings (SSSR count). The Bertz CT molecular complexity index is 1080. The summed E-state index contributed by atoms with van der Waals surface area (Å²) in [6.07, 6.45) is 1.61. The topological polar surface area (TPSA) is 123 Å². The molecule has 0 aliphatic carbocycles. The van der Waals surface area contributed by atoms with Crippen LogP contribution >= 0.6 is 11.3 Å². The molecule has 0 radical (unpaired) electrons. The van der Waals surface area contributed by atoms with Crippen LogP contribution in [0.3, 0.4) is 0 Å². The average Bonchev–Trinajstić information content (AvgIpc) is 3.50. The molecule has 170 valence electrons. The molecule has 12 heteroatoms. The predicted molar refractivity (Wildman–Crippen MR) is 117 cm³/mol. The minimum Gasteiger partial charge on any atom is -0.339 e. The number of hydrogen-bond donors (Lipinski definition) is 0. The van der Waals surface area contributed by atoms with Crippen LogP contribution < -0.4 is 0 Å². The lowest BCUT2D eigenvalue weighted by Crippen LogP contribution is -2.49. The molecule has 0 atom stereocenters. The van der Waals surface area contributed by atoms with E-state index in [2.05, 4.69) is 20.1 Å². The van der Waals surface area contributed by atoms with Crippen molar-refractivity contribution in [1.82, 2.24) is 29.7 Å². The normalized spacial score (nSPS) is 14.8. The Balaban J connectivity index is 1.21. The van der Waals surface area contributed by atoms with Crippen LogP contribution in [-0.2, 0) is 17.8 Å². The van der Waals surface area contributed by atoms with Crippen molar-refractivity contribution in [3.8, 4) is 10.7 Å². The van der Waals surface area contributed by atoms with Gasteiger partial charge in [-0.15, -0.1) is 11.3 Å². The van der Waals surface area contributed by atoms with Crippen molar-refractivity contribution < 1.29 is 14.2 Å². The fraction of sp³-hybridized carbons (Fsp3) is 0.500. The summed E-state index contributed by atoms with van der Waals surface area (Å²) >= 11 is 1.58. The minimum atomic E-state index is -0.450. The van der Waals surface area contributed by atoms with Crippen molar-refractivity contribution in [2.45, 2.75) is 33.2 Å². The number of rotatable bonds is 8. The maximum absolute atomic E-state index is 12.7. The first-order chi connectivity index (χ1) is 15.4. The number of hydrogen-bond acceptors (Lipinski definition) is 9. The summed E-state index contributed by atoms with van der Waals surface area (Å²) in [5.74, 6) is 1.20. The van der Waals surface area contributed by atoms with Crippen molar-refractivity contribution in [2.24, 2.45) is 0 Å². The highest BCUT2D eigenvalue weighted by Gasteiger charge is 2.26. The van der Waals surface area contributed by atoms with Crippen molar-refractivity contribution >= 4 is 22.9 Å². The van der Waals surface area contributed by atoms with Crippen LogP contribution in [0.15, 0.2) is 22.0 Å². The lowest BCUT2D eigenvalue weighted by atomic mass is 10.2. The molecule has 1 fully saturated rings. The van der Waals surface area contributed by atoms with Crippen molar-refractivity contribution in [2.75, 3.05) is 32.7 Å². The van der Waals surface area contributed by atoms with Crippen molar-refractivity contribution in [3.63, 3.8) is 0 Å². The Morgan fingerprint density at radius 1 is 1.28 bits per heavy atom. The molecule has 0 saturated carbocycles. The van der Waals surface area contributed by atoms with Crippen LogP contribution in [0.5, 0.6) is 0 Å². The zero-order chi connectivity index (χ0) is 22.7. The van der Waals surface area contributed by atoms with E-state index in [0.29, 0.717) is 42.6 Å². The van der Waals surface area contributed by atoms with E-state index < -0.39 is 4.92 Å². The summed E-state index contributed by atoms with van der Waals surface area (Å²) in [4.78, 5) is 32.9. The Morgan fingerprint density at radius 2 is 2.06 bits per heavy atom. The first-order valence-corrected chi connectivity index (χ1v) is 11.4. The zero-order valence-corrected chi connectivity index (χ0v) is 18.9. The molecule has 0 N–H and O–H groups in total. The molecule has 1 amide bonds. The molecular weight excluding hydrogens is 434 g/mol. The van der Waals surface area contributed by atoms with Gasteiger partial charge in [-0.05, 0) is 38.3 Å². The van der Waals surface area contributed by atoms with Crippen LogP contribution in [0, 0.1) is 24.0 Å². The van der Waals surface area contributed by atoms with Crippen LogP contribution in [0.25, 0.3) is 10.7 Å². The fourth-order valence-electron chi connectivity index (χ4n) is 3.87. The number of thiophene rings is 1. The second kappa shape index (κ2) is 9.57. The van der Waals surface area contributed by atoms with E-state index >= 15 is 0 Å². The third kappa shape index (κ3) is 4.86. The number of carbonyl (C=O) groups excluding carboxylic acids is 1. The molecule has 1 aliphatic heterocycles. The first-order valence-electron chi connectivity index (χ1n) is 10.5. The Hall–Kier alpha value is -3.12. The molecule has 1 saturated heterocycles. The summed E-state index contributed by atoms with van der Waals surface area (Å²) in [5, 5.41) is 21.3. The number of nitro groups is 1. The predicted octanol–water partition coefficient (Wildman–Crippen LogP) is 2.30. The largest absolute Gasteiger partial charge is 0.339 e. The number of nitrogens with zero attached hydrogens (tertiary/aromatic N) is 7. The quantitative estimate of drug-likeness (QED) is 0.371. The van der Waals surface area contributed by atoms with E-state index in [1.54, 1.807) is 30.1 Å². The highest BCUT2D eigenvalue weighted by atomic mass is 32.1. The Labute approximate surface area is 188 Å². The second-order valence-corrected chi connectivity index (χ2v) is 8.70. The van der Waals surface area contributed by atoms with E-state index in [9.17, 15) is 14.9 Å². The maximum Gasteiger partial charge on any atom is 0.312 e. The summed E-state index contributed by atoms with van der Waals surface area (Å²) in [5.41, 5.74) is 0.711. The van der Waals surface area contributed by atoms with Crippen LogP contribution in [-0.4, -0.2) is 73.3 Å². The molecule has 0 unspecified atom stereocenters. The van der Waals surface area contributed by atoms with Gasteiger partial charge >= 0.3 is 5.69 Å². The summed E-state index contributed by atoms with van der Waals surface area (Å²) < 4.78 is 6.77. The van der Waals surface area contributed by atoms with E-state index in [-0.39, 0.29) is 18.1 Å². The number of amides is 1. The van der Waals surface area contributed by atoms with Gasteiger partial charge in [-0.25, -0.2) is 0 Å². The van der Waals surface area contributed by atoms with Gasteiger partial charge in [-0.3, -0.25) is 24.5 Å². The van der Waals surface area contributed by atoms with Crippen molar-refractivity contribution in [3.05, 3.63) is 44.9 Å². The monoisotopic (exact) mass is 459 g/mol. The van der Waals surface area contributed by atoms with Gasteiger partial charge in [0.2, 0.25) is 17.6 Å². The van der Waals surface area contributed by atoms with Crippen LogP contribution in [0.4, 0.5) is 5.69 Å². The van der Waals surface area contributed by atoms with Crippen LogP contribution in [0.2, 0.25) is 0 Å². The standard InChI is InChI=1S/C20H25N7O4S/c1-14-19(27(29)30)15(2)26(22-14)13-18(28)25-10-8-24(9-11-25)7-3-6-17-21-20(23-31-17)16-5-4-12-32-16/h4-5,12H,3,6-11,13H2,1-2H3. The van der Waals surface area contributed by atoms with Gasteiger partial charge in [0.05, 0.1) is 9.80 Å². The average molecular weight is 460 g/mol. The lowest BCUT2D eigenvalue weighted by molar-refractivity contribution is -0.386. The van der Waals surface area contributed by atoms with Gasteiger partial charge in [0, 0.05) is 32.6 Å². The van der Waals surface area contributed by atoms with Crippen molar-refractivity contribution in [1.29, 1.82) is 0 Å². The van der Waals surface area contributed by atoms with Gasteiger partial charge in [0.25, 0.3) is 0 Å². The fourth-order valence-corrected chi connectivity index (χ4v) is 4.52. The van der Waals surface area contributed by atoms with Gasteiger partial charge in [0.15, 0.2) is 0 Å². The molecule has 3 aromatic heterocycles. The smallest absolute Gasteiger partial charge is 0.312 e. The molecule has 4 heterocycles. The first kappa shape index (κ1) is 22.1. The van der Waals surface area contributed by atoms with E-state index in [1.165, 1.54) is 4.68 Å². The second-order valence-electron chi connectivity index (χ2n) is 7.75. The highest BCUT2D eigenvalue weighted by molar-refractivity contribution is 7.13. The molecule has 0 bridgehead atoms. The molecular formula is C20H25N7O4S. The van der Waals surface area contributed by atoms with Gasteiger partial charge < -0.3 is 9.42 Å². The number of piperazine rings is 1. The molecule has 3 aromatic rings. The van der Waals surface area contributed by atoms with Gasteiger partial charge in [-0.2, -0.15) is 10.1 Å². The minimum absolute atomic E-state index is 0.0181. The van der Waals surface area contributed by atoms with Gasteiger partial charge in [0.1, 0.15) is 17.9 Å². The van der Waals surface area contributed by atoms with Gasteiger partial charge in [-0.1, -0.05) is 11.2 Å². The summed E-state index contributed by atoms with van der Waals surface area (Å²) in [6.45, 7) is 6.94. The lowest BCUT2D eigenvalue weighted by Gasteiger charge is -2.34. The molecule has 11 nitrogen and oxygen atoms in total. The maximum atomic E-state index is 12.7. The summed E-state index contributed by atoms with van der Waals surface area (Å²) in [6, 6.07) is 3.93. The van der Waals surface area contributed by atoms with E-state index in [4.69, 9.17) is 4.52 Å². The van der Waals surface area contributed by atoms with E-state index in [1.807, 2.05) is 17.5 Å². The summed E-state index contributed by atoms with van der Waals surface area (Å²) in [7, 11) is 0. The zero-order valence-electron chi connectivity index (χ0n) is 18.1. The number of carbonyl (C=O) groups is 1. The van der Waals surface area contributed by atoms with E-state index in [0.717, 1.165) is 30.9 Å². The Kier molecular flexibility index (Phi) is 6.61. The Morgan fingerprint density at radius 3 is 2.72 bits per heavy atom. The third-order valence-electron chi connectivity index (χ3n) is 5.61. The number of aryl methyl sites for hydroxylation is 2. The molecule has 0 aromatic carbocycles. The molecule has 0 spiro atoms. The number of aromatic nitrogens is 4. The SMILES string of the molecule is Cc1nn(CC(=O)N2CCN(CCCc3nc(-c4cccs4)no3)CC2)c(C)c1[N+](=O)[O-].